The molecule has 124 valence electrons. The highest BCUT2D eigenvalue weighted by atomic mass is 79.9. The van der Waals surface area contributed by atoms with Gasteiger partial charge in [0.15, 0.2) is 11.5 Å². The Bertz CT molecular complexity index is 629. The molecule has 0 bridgehead atoms. The van der Waals surface area contributed by atoms with Gasteiger partial charge in [0.05, 0.1) is 6.42 Å². The summed E-state index contributed by atoms with van der Waals surface area (Å²) in [5, 5.41) is 11.7. The quantitative estimate of drug-likeness (QED) is 0.736. The second kappa shape index (κ2) is 8.01. The third-order valence-electron chi connectivity index (χ3n) is 3.30. The zero-order valence-electron chi connectivity index (χ0n) is 12.7. The lowest BCUT2D eigenvalue weighted by atomic mass is 10.1. The predicted octanol–water partition coefficient (Wildman–Crippen LogP) is 2.30. The molecule has 0 fully saturated rings. The molecule has 1 atom stereocenters. The third kappa shape index (κ3) is 4.72. The Morgan fingerprint density at radius 2 is 2.00 bits per heavy atom. The minimum Gasteiger partial charge on any atom is -0.486 e. The number of carbonyl (C=O) groups excluding carboxylic acids is 1. The minimum absolute atomic E-state index is 0.0524. The Labute approximate surface area is 142 Å². The minimum atomic E-state index is -1.06. The van der Waals surface area contributed by atoms with Gasteiger partial charge in [0.1, 0.15) is 19.3 Å². The van der Waals surface area contributed by atoms with Crippen LogP contribution in [-0.4, -0.2) is 36.2 Å². The number of carbonyl (C=O) groups is 2. The van der Waals surface area contributed by atoms with Gasteiger partial charge in [-0.25, -0.2) is 4.79 Å². The molecule has 0 saturated heterocycles. The molecule has 1 aromatic rings. The molecule has 0 saturated carbocycles. The summed E-state index contributed by atoms with van der Waals surface area (Å²) in [6, 6.07) is 2.56. The van der Waals surface area contributed by atoms with Crippen molar-refractivity contribution >= 4 is 27.8 Å². The Morgan fingerprint density at radius 3 is 2.61 bits per heavy atom. The number of aliphatic carboxylic acids is 1. The van der Waals surface area contributed by atoms with Gasteiger partial charge < -0.3 is 19.9 Å². The lowest BCUT2D eigenvalue weighted by molar-refractivity contribution is -0.141. The lowest BCUT2D eigenvalue weighted by Crippen LogP contribution is -2.41. The first-order valence-electron chi connectivity index (χ1n) is 7.22. The van der Waals surface area contributed by atoms with Gasteiger partial charge in [0.25, 0.3) is 0 Å². The van der Waals surface area contributed by atoms with E-state index in [-0.39, 0.29) is 18.7 Å². The van der Waals surface area contributed by atoms with Gasteiger partial charge in [0.2, 0.25) is 5.91 Å². The van der Waals surface area contributed by atoms with Gasteiger partial charge in [-0.15, -0.1) is 0 Å². The van der Waals surface area contributed by atoms with E-state index in [1.807, 2.05) is 0 Å². The van der Waals surface area contributed by atoms with Crippen LogP contribution in [0.5, 0.6) is 11.5 Å². The van der Waals surface area contributed by atoms with Crippen LogP contribution in [-0.2, 0) is 16.0 Å². The number of ether oxygens (including phenoxy) is 2. The summed E-state index contributed by atoms with van der Waals surface area (Å²) in [7, 11) is 0. The number of halogens is 1. The van der Waals surface area contributed by atoms with Crippen molar-refractivity contribution in [1.29, 1.82) is 0 Å². The van der Waals surface area contributed by atoms with Crippen LogP contribution >= 0.6 is 15.9 Å². The van der Waals surface area contributed by atoms with E-state index in [2.05, 4.69) is 21.2 Å². The molecule has 0 spiro atoms. The third-order valence-corrected chi connectivity index (χ3v) is 4.04. The molecule has 1 unspecified atom stereocenters. The number of nitrogens with one attached hydrogen (secondary N) is 1. The number of benzene rings is 1. The summed E-state index contributed by atoms with van der Waals surface area (Å²) in [6.07, 6.45) is 3.76. The topological polar surface area (TPSA) is 84.9 Å². The number of rotatable bonds is 6. The van der Waals surface area contributed by atoms with Crippen molar-refractivity contribution < 1.29 is 24.2 Å². The standard InChI is InChI=1S/C16H18BrNO5/c1-2-3-4-12(16(20)21)18-15(19)8-10-7-13-14(9-11(10)17)23-6-5-22-13/h2-3,7,9,12H,4-6,8H2,1H3,(H,18,19)(H,20,21)/b3-2+. The molecule has 0 aromatic heterocycles. The molecule has 1 amide bonds. The number of amides is 1. The number of fused-ring (bicyclic) bond motifs is 1. The van der Waals surface area contributed by atoms with Crippen molar-refractivity contribution in [2.45, 2.75) is 25.8 Å². The van der Waals surface area contributed by atoms with Crippen LogP contribution < -0.4 is 14.8 Å². The first-order chi connectivity index (χ1) is 11.0. The van der Waals surface area contributed by atoms with Gasteiger partial charge >= 0.3 is 5.97 Å². The summed E-state index contributed by atoms with van der Waals surface area (Å²) in [6.45, 7) is 2.75. The molecule has 23 heavy (non-hydrogen) atoms. The van der Waals surface area contributed by atoms with Gasteiger partial charge in [-0.3, -0.25) is 4.79 Å². The predicted molar refractivity (Wildman–Crippen MR) is 87.8 cm³/mol. The van der Waals surface area contributed by atoms with Crippen molar-refractivity contribution in [3.63, 3.8) is 0 Å². The van der Waals surface area contributed by atoms with E-state index in [1.54, 1.807) is 31.2 Å². The van der Waals surface area contributed by atoms with Gasteiger partial charge in [-0.2, -0.15) is 0 Å². The monoisotopic (exact) mass is 383 g/mol. The number of carboxylic acid groups (broad SMARTS) is 1. The maximum atomic E-state index is 12.1. The fourth-order valence-electron chi connectivity index (χ4n) is 2.15. The van der Waals surface area contributed by atoms with Crippen molar-refractivity contribution in [3.8, 4) is 11.5 Å². The first-order valence-corrected chi connectivity index (χ1v) is 8.02. The molecular formula is C16H18BrNO5. The molecule has 0 radical (unpaired) electrons. The largest absolute Gasteiger partial charge is 0.486 e. The maximum absolute atomic E-state index is 12.1. The molecular weight excluding hydrogens is 366 g/mol. The van der Waals surface area contributed by atoms with E-state index < -0.39 is 12.0 Å². The van der Waals surface area contributed by atoms with E-state index in [1.165, 1.54) is 0 Å². The highest BCUT2D eigenvalue weighted by molar-refractivity contribution is 9.10. The molecule has 7 heteroatoms. The van der Waals surface area contributed by atoms with Gasteiger partial charge in [-0.1, -0.05) is 28.1 Å². The number of carboxylic acids is 1. The molecule has 1 aliphatic heterocycles. The van der Waals surface area contributed by atoms with Crippen LogP contribution in [0, 0.1) is 0 Å². The summed E-state index contributed by atoms with van der Waals surface area (Å²) >= 11 is 3.40. The Kier molecular flexibility index (Phi) is 6.04. The van der Waals surface area contributed by atoms with Crippen molar-refractivity contribution in [2.75, 3.05) is 13.2 Å². The van der Waals surface area contributed by atoms with Crippen LogP contribution in [0.2, 0.25) is 0 Å². The zero-order chi connectivity index (χ0) is 16.8. The fraction of sp³-hybridized carbons (Fsp3) is 0.375. The Hall–Kier alpha value is -2.02. The molecule has 1 aromatic carbocycles. The zero-order valence-corrected chi connectivity index (χ0v) is 14.3. The number of hydrogen-bond donors (Lipinski definition) is 2. The smallest absolute Gasteiger partial charge is 0.326 e. The fourth-order valence-corrected chi connectivity index (χ4v) is 2.62. The summed E-state index contributed by atoms with van der Waals surface area (Å²) < 4.78 is 11.7. The van der Waals surface area contributed by atoms with Gasteiger partial charge in [-0.05, 0) is 31.0 Å². The van der Waals surface area contributed by atoms with Crippen molar-refractivity contribution in [3.05, 3.63) is 34.3 Å². The van der Waals surface area contributed by atoms with E-state index in [9.17, 15) is 9.59 Å². The normalized spacial score (nSPS) is 14.5. The second-order valence-electron chi connectivity index (χ2n) is 5.03. The van der Waals surface area contributed by atoms with Crippen LogP contribution in [0.15, 0.2) is 28.8 Å². The molecule has 1 heterocycles. The van der Waals surface area contributed by atoms with E-state index >= 15 is 0 Å². The van der Waals surface area contributed by atoms with Crippen LogP contribution in [0.1, 0.15) is 18.9 Å². The number of hydrogen-bond acceptors (Lipinski definition) is 4. The first kappa shape index (κ1) is 17.3. The van der Waals surface area contributed by atoms with E-state index in [0.717, 1.165) is 4.47 Å². The molecule has 1 aliphatic rings. The highest BCUT2D eigenvalue weighted by Gasteiger charge is 2.20. The van der Waals surface area contributed by atoms with Crippen LogP contribution in [0.3, 0.4) is 0 Å². The lowest BCUT2D eigenvalue weighted by Gasteiger charge is -2.20. The average molecular weight is 384 g/mol. The van der Waals surface area contributed by atoms with Crippen molar-refractivity contribution in [1.82, 2.24) is 5.32 Å². The van der Waals surface area contributed by atoms with Crippen molar-refractivity contribution in [2.24, 2.45) is 0 Å². The van der Waals surface area contributed by atoms with Crippen LogP contribution in [0.25, 0.3) is 0 Å². The summed E-state index contributed by atoms with van der Waals surface area (Å²) in [5.74, 6) is -0.202. The van der Waals surface area contributed by atoms with E-state index in [0.29, 0.717) is 30.3 Å². The number of allylic oxidation sites excluding steroid dienone is 1. The SMILES string of the molecule is C/C=C/CC(NC(=O)Cc1cc2c(cc1Br)OCCO2)C(=O)O. The van der Waals surface area contributed by atoms with Gasteiger partial charge in [0, 0.05) is 4.47 Å². The summed E-state index contributed by atoms with van der Waals surface area (Å²) in [4.78, 5) is 23.3. The molecule has 0 aliphatic carbocycles. The highest BCUT2D eigenvalue weighted by Crippen LogP contribution is 2.35. The van der Waals surface area contributed by atoms with E-state index in [4.69, 9.17) is 14.6 Å². The molecule has 2 N–H and O–H groups in total. The Balaban J connectivity index is 2.06. The van der Waals surface area contributed by atoms with Crippen LogP contribution in [0.4, 0.5) is 0 Å². The summed E-state index contributed by atoms with van der Waals surface area (Å²) in [5.41, 5.74) is 0.710. The average Bonchev–Trinajstić information content (AvgIpc) is 2.51. The Morgan fingerprint density at radius 1 is 1.35 bits per heavy atom. The second-order valence-corrected chi connectivity index (χ2v) is 5.88. The molecule has 6 nitrogen and oxygen atoms in total. The maximum Gasteiger partial charge on any atom is 0.326 e. The molecule has 2 rings (SSSR count).